The van der Waals surface area contributed by atoms with Gasteiger partial charge in [0.1, 0.15) is 0 Å². The lowest BCUT2D eigenvalue weighted by Gasteiger charge is -2.26. The first-order chi connectivity index (χ1) is 8.65. The molecule has 0 bridgehead atoms. The SMILES string of the molecule is BrC12C3CCCC1C32/C=C\C12C3CCCC1C32Br. The number of hydrogen-bond donors (Lipinski definition) is 0. The van der Waals surface area contributed by atoms with Crippen LogP contribution >= 0.6 is 31.9 Å². The van der Waals surface area contributed by atoms with E-state index in [1.54, 1.807) is 0 Å². The molecule has 0 aliphatic heterocycles. The van der Waals surface area contributed by atoms with Crippen molar-refractivity contribution in [3.8, 4) is 0 Å². The number of halogens is 2. The van der Waals surface area contributed by atoms with Crippen molar-refractivity contribution in [1.29, 1.82) is 0 Å². The zero-order valence-electron chi connectivity index (χ0n) is 10.5. The first kappa shape index (κ1) is 10.4. The van der Waals surface area contributed by atoms with Crippen LogP contribution in [-0.4, -0.2) is 8.65 Å². The molecular weight excluding hydrogens is 352 g/mol. The molecule has 0 aromatic heterocycles. The third-order valence-corrected chi connectivity index (χ3v) is 11.5. The Morgan fingerprint density at radius 3 is 1.28 bits per heavy atom. The van der Waals surface area contributed by atoms with Crippen molar-refractivity contribution in [2.45, 2.75) is 47.2 Å². The molecule has 6 aliphatic rings. The molecule has 6 rings (SSSR count). The fourth-order valence-electron chi connectivity index (χ4n) is 6.97. The van der Waals surface area contributed by atoms with Crippen LogP contribution in [0.3, 0.4) is 0 Å². The van der Waals surface area contributed by atoms with Crippen LogP contribution in [0.4, 0.5) is 0 Å². The summed E-state index contributed by atoms with van der Waals surface area (Å²) in [4.78, 5) is 0. The van der Waals surface area contributed by atoms with E-state index in [4.69, 9.17) is 0 Å². The van der Waals surface area contributed by atoms with Crippen LogP contribution in [0.15, 0.2) is 12.2 Å². The first-order valence-electron chi connectivity index (χ1n) is 7.73. The van der Waals surface area contributed by atoms with Crippen LogP contribution in [0.2, 0.25) is 0 Å². The third-order valence-electron chi connectivity index (χ3n) is 7.93. The van der Waals surface area contributed by atoms with Gasteiger partial charge in [-0.2, -0.15) is 0 Å². The quantitative estimate of drug-likeness (QED) is 0.490. The van der Waals surface area contributed by atoms with Gasteiger partial charge in [-0.3, -0.25) is 0 Å². The van der Waals surface area contributed by atoms with Gasteiger partial charge in [-0.1, -0.05) is 56.9 Å². The first-order valence-corrected chi connectivity index (χ1v) is 9.32. The topological polar surface area (TPSA) is 0 Å². The summed E-state index contributed by atoms with van der Waals surface area (Å²) in [7, 11) is 0. The largest absolute Gasteiger partial charge is 0.0837 e. The van der Waals surface area contributed by atoms with E-state index in [1.807, 2.05) is 0 Å². The fourth-order valence-corrected chi connectivity index (χ4v) is 10.3. The summed E-state index contributed by atoms with van der Waals surface area (Å²) < 4.78 is 1.17. The van der Waals surface area contributed by atoms with E-state index in [2.05, 4.69) is 44.0 Å². The van der Waals surface area contributed by atoms with Crippen molar-refractivity contribution in [3.63, 3.8) is 0 Å². The Labute approximate surface area is 125 Å². The van der Waals surface area contributed by atoms with Gasteiger partial charge >= 0.3 is 0 Å². The molecule has 6 fully saturated rings. The molecule has 6 aliphatic carbocycles. The Bertz CT molecular complexity index is 449. The molecule has 4 atom stereocenters. The van der Waals surface area contributed by atoms with Crippen LogP contribution < -0.4 is 0 Å². The van der Waals surface area contributed by atoms with Gasteiger partial charge in [0.2, 0.25) is 0 Å². The highest BCUT2D eigenvalue weighted by Crippen LogP contribution is 2.98. The highest BCUT2D eigenvalue weighted by atomic mass is 79.9. The minimum absolute atomic E-state index is 0.583. The van der Waals surface area contributed by atoms with Crippen LogP contribution in [-0.2, 0) is 0 Å². The summed E-state index contributed by atoms with van der Waals surface area (Å²) in [6.07, 6.45) is 14.3. The van der Waals surface area contributed by atoms with Crippen molar-refractivity contribution in [3.05, 3.63) is 12.2 Å². The molecule has 0 aromatic carbocycles. The van der Waals surface area contributed by atoms with Crippen LogP contribution in [0.25, 0.3) is 0 Å². The van der Waals surface area contributed by atoms with Crippen molar-refractivity contribution >= 4 is 31.9 Å². The molecule has 0 saturated heterocycles. The predicted molar refractivity (Wildman–Crippen MR) is 79.0 cm³/mol. The standard InChI is InChI=1S/C16H18Br2/c17-15-9-3-1-4-10(15)13(9,15)7-8-14-11-5-2-6-12(14)16(11,14)18/h7-12H,1-6H2/b8-7-. The van der Waals surface area contributed by atoms with Gasteiger partial charge in [0, 0.05) is 19.5 Å². The van der Waals surface area contributed by atoms with E-state index in [0.29, 0.717) is 19.5 Å². The third kappa shape index (κ3) is 0.682. The van der Waals surface area contributed by atoms with Crippen molar-refractivity contribution in [2.24, 2.45) is 34.5 Å². The molecule has 0 heterocycles. The fraction of sp³-hybridized carbons (Fsp3) is 0.875. The molecule has 18 heavy (non-hydrogen) atoms. The zero-order valence-corrected chi connectivity index (χ0v) is 13.6. The Morgan fingerprint density at radius 2 is 1.00 bits per heavy atom. The summed E-state index contributed by atoms with van der Waals surface area (Å²) in [6.45, 7) is 0. The second-order valence-corrected chi connectivity index (χ2v) is 10.4. The van der Waals surface area contributed by atoms with Crippen LogP contribution in [0.1, 0.15) is 38.5 Å². The van der Waals surface area contributed by atoms with E-state index in [0.717, 1.165) is 23.7 Å². The monoisotopic (exact) mass is 368 g/mol. The lowest BCUT2D eigenvalue weighted by molar-refractivity contribution is 0.302. The maximum absolute atomic E-state index is 4.07. The Balaban J connectivity index is 1.33. The molecule has 96 valence electrons. The summed E-state index contributed by atoms with van der Waals surface area (Å²) >= 11 is 8.15. The Kier molecular flexibility index (Phi) is 1.43. The van der Waals surface area contributed by atoms with Crippen LogP contribution in [0, 0.1) is 34.5 Å². The average molecular weight is 370 g/mol. The van der Waals surface area contributed by atoms with Crippen molar-refractivity contribution in [1.82, 2.24) is 0 Å². The van der Waals surface area contributed by atoms with Crippen LogP contribution in [0.5, 0.6) is 0 Å². The molecular formula is C16H18Br2. The summed E-state index contributed by atoms with van der Waals surface area (Å²) in [6, 6.07) is 0. The van der Waals surface area contributed by atoms with Gasteiger partial charge in [0.05, 0.1) is 0 Å². The molecule has 6 saturated carbocycles. The summed E-state index contributed by atoms with van der Waals surface area (Å²) in [5.74, 6) is 3.99. The lowest BCUT2D eigenvalue weighted by atomic mass is 9.80. The van der Waals surface area contributed by atoms with Gasteiger partial charge in [0.25, 0.3) is 0 Å². The van der Waals surface area contributed by atoms with Gasteiger partial charge in [0.15, 0.2) is 0 Å². The molecule has 0 aromatic rings. The molecule has 2 heteroatoms. The number of hydrogen-bond acceptors (Lipinski definition) is 0. The maximum Gasteiger partial charge on any atom is 0.0428 e. The zero-order chi connectivity index (χ0) is 12.0. The highest BCUT2D eigenvalue weighted by molar-refractivity contribution is 9.10. The number of rotatable bonds is 2. The van der Waals surface area contributed by atoms with Gasteiger partial charge in [-0.05, 0) is 49.4 Å². The maximum atomic E-state index is 4.07. The van der Waals surface area contributed by atoms with E-state index in [-0.39, 0.29) is 0 Å². The number of fused-ring (bicyclic) bond motifs is 4. The second-order valence-electron chi connectivity index (χ2n) is 7.81. The van der Waals surface area contributed by atoms with E-state index in [1.165, 1.54) is 38.5 Å². The van der Waals surface area contributed by atoms with Crippen molar-refractivity contribution < 1.29 is 0 Å². The summed E-state index contributed by atoms with van der Waals surface area (Å²) in [5, 5.41) is 0. The Morgan fingerprint density at radius 1 is 0.667 bits per heavy atom. The smallest absolute Gasteiger partial charge is 0.0428 e. The molecule has 0 nitrogen and oxygen atoms in total. The molecule has 0 radical (unpaired) electrons. The average Bonchev–Trinajstić information content (AvgIpc) is 3.34. The number of allylic oxidation sites excluding steroid dienone is 2. The van der Waals surface area contributed by atoms with E-state index < -0.39 is 0 Å². The molecule has 0 N–H and O–H groups in total. The Hall–Kier alpha value is 0.700. The molecule has 0 amide bonds. The van der Waals surface area contributed by atoms with Gasteiger partial charge < -0.3 is 0 Å². The highest BCUT2D eigenvalue weighted by Gasteiger charge is 2.98. The minimum Gasteiger partial charge on any atom is -0.0837 e. The second kappa shape index (κ2) is 2.47. The normalized spacial score (nSPS) is 76.8. The van der Waals surface area contributed by atoms with E-state index in [9.17, 15) is 0 Å². The van der Waals surface area contributed by atoms with Crippen molar-refractivity contribution in [2.75, 3.05) is 0 Å². The lowest BCUT2D eigenvalue weighted by Crippen LogP contribution is -2.20. The predicted octanol–water partition coefficient (Wildman–Crippen LogP) is 4.67. The summed E-state index contributed by atoms with van der Waals surface area (Å²) in [5.41, 5.74) is 1.26. The van der Waals surface area contributed by atoms with Gasteiger partial charge in [-0.15, -0.1) is 0 Å². The number of alkyl halides is 2. The van der Waals surface area contributed by atoms with Gasteiger partial charge in [-0.25, -0.2) is 0 Å². The van der Waals surface area contributed by atoms with E-state index >= 15 is 0 Å². The molecule has 0 spiro atoms. The molecule has 4 unspecified atom stereocenters. The minimum atomic E-state index is 0.583.